The van der Waals surface area contributed by atoms with Gasteiger partial charge in [0.2, 0.25) is 5.89 Å². The van der Waals surface area contributed by atoms with Crippen LogP contribution in [0.2, 0.25) is 0 Å². The predicted molar refractivity (Wildman–Crippen MR) is 92.4 cm³/mol. The van der Waals surface area contributed by atoms with Crippen molar-refractivity contribution in [2.24, 2.45) is 0 Å². The molecule has 3 aromatic rings. The average Bonchev–Trinajstić information content (AvgIpc) is 3.19. The van der Waals surface area contributed by atoms with Gasteiger partial charge in [-0.05, 0) is 26.0 Å². The highest BCUT2D eigenvalue weighted by molar-refractivity contribution is 7.13. The molecule has 1 amide bonds. The van der Waals surface area contributed by atoms with Crippen molar-refractivity contribution in [3.8, 4) is 11.5 Å². The number of amides is 1. The fourth-order valence-electron chi connectivity index (χ4n) is 2.06. The summed E-state index contributed by atoms with van der Waals surface area (Å²) in [5.41, 5.74) is 1.61. The number of aromatic nitrogens is 2. The summed E-state index contributed by atoms with van der Waals surface area (Å²) in [6.07, 6.45) is 0. The van der Waals surface area contributed by atoms with E-state index in [1.807, 2.05) is 42.6 Å². The summed E-state index contributed by atoms with van der Waals surface area (Å²) >= 11 is 1.30. The van der Waals surface area contributed by atoms with Gasteiger partial charge in [-0.15, -0.1) is 11.3 Å². The van der Waals surface area contributed by atoms with Crippen LogP contribution >= 0.6 is 11.3 Å². The summed E-state index contributed by atoms with van der Waals surface area (Å²) in [6, 6.07) is 9.21. The molecular weight excluding hydrogens is 342 g/mol. The Labute approximate surface area is 147 Å². The van der Waals surface area contributed by atoms with Gasteiger partial charge in [-0.2, -0.15) is 0 Å². The molecule has 3 rings (SSSR count). The van der Waals surface area contributed by atoms with E-state index in [4.69, 9.17) is 9.15 Å². The first kappa shape index (κ1) is 16.8. The minimum atomic E-state index is -0.714. The Hall–Kier alpha value is -3.00. The second-order valence-electron chi connectivity index (χ2n) is 5.21. The first-order chi connectivity index (χ1) is 12.0. The van der Waals surface area contributed by atoms with Crippen LogP contribution in [-0.4, -0.2) is 28.5 Å². The number of aryl methyl sites for hydroxylation is 2. The Balaban J connectivity index is 1.61. The molecule has 0 aliphatic carbocycles. The van der Waals surface area contributed by atoms with Crippen LogP contribution < -0.4 is 5.32 Å². The highest BCUT2D eigenvalue weighted by Gasteiger charge is 2.20. The van der Waals surface area contributed by atoms with Gasteiger partial charge in [0, 0.05) is 10.9 Å². The van der Waals surface area contributed by atoms with E-state index in [9.17, 15) is 9.59 Å². The lowest BCUT2D eigenvalue weighted by Gasteiger charge is -2.03. The van der Waals surface area contributed by atoms with Crippen molar-refractivity contribution in [3.05, 3.63) is 52.9 Å². The first-order valence-electron chi connectivity index (χ1n) is 7.45. The van der Waals surface area contributed by atoms with E-state index < -0.39 is 18.5 Å². The third-order valence-electron chi connectivity index (χ3n) is 3.21. The number of rotatable bonds is 5. The maximum absolute atomic E-state index is 12.1. The first-order valence-corrected chi connectivity index (χ1v) is 8.33. The topological polar surface area (TPSA) is 94.3 Å². The zero-order chi connectivity index (χ0) is 17.8. The number of benzene rings is 1. The predicted octanol–water partition coefficient (Wildman–Crippen LogP) is 3.21. The number of anilines is 1. The number of thiazole rings is 1. The molecule has 0 spiro atoms. The monoisotopic (exact) mass is 357 g/mol. The van der Waals surface area contributed by atoms with Crippen molar-refractivity contribution in [3.63, 3.8) is 0 Å². The molecule has 25 heavy (non-hydrogen) atoms. The van der Waals surface area contributed by atoms with Crippen molar-refractivity contribution >= 4 is 28.3 Å². The van der Waals surface area contributed by atoms with Crippen LogP contribution in [0.3, 0.4) is 0 Å². The van der Waals surface area contributed by atoms with E-state index in [-0.39, 0.29) is 5.69 Å². The highest BCUT2D eigenvalue weighted by Crippen LogP contribution is 2.21. The molecule has 2 aromatic heterocycles. The molecule has 1 aromatic carbocycles. The van der Waals surface area contributed by atoms with Gasteiger partial charge in [0.1, 0.15) is 5.76 Å². The van der Waals surface area contributed by atoms with Crippen LogP contribution in [0.25, 0.3) is 11.5 Å². The minimum Gasteiger partial charge on any atom is -0.451 e. The van der Waals surface area contributed by atoms with E-state index in [2.05, 4.69) is 15.3 Å². The summed E-state index contributed by atoms with van der Waals surface area (Å²) in [5.74, 6) is -0.520. The van der Waals surface area contributed by atoms with Crippen molar-refractivity contribution in [2.75, 3.05) is 11.9 Å². The second-order valence-corrected chi connectivity index (χ2v) is 6.07. The molecule has 7 nitrogen and oxygen atoms in total. The number of hydrogen-bond acceptors (Lipinski definition) is 7. The number of carbonyl (C=O) groups excluding carboxylic acids is 2. The Morgan fingerprint density at radius 2 is 1.96 bits per heavy atom. The molecule has 0 bridgehead atoms. The van der Waals surface area contributed by atoms with Gasteiger partial charge in [-0.25, -0.2) is 14.8 Å². The van der Waals surface area contributed by atoms with Crippen molar-refractivity contribution in [1.29, 1.82) is 0 Å². The standard InChI is InChI=1S/C17H15N3O4S/c1-10-9-25-17(18-10)19-13(21)8-23-16(22)14-11(2)24-15(20-14)12-6-4-3-5-7-12/h3-7,9H,8H2,1-2H3,(H,18,19,21). The molecule has 0 unspecified atom stereocenters. The normalized spacial score (nSPS) is 10.5. The van der Waals surface area contributed by atoms with Gasteiger partial charge in [0.25, 0.3) is 5.91 Å². The summed E-state index contributed by atoms with van der Waals surface area (Å²) in [6.45, 7) is 3.02. The molecule has 2 heterocycles. The fraction of sp³-hybridized carbons (Fsp3) is 0.176. The number of nitrogens with one attached hydrogen (secondary N) is 1. The lowest BCUT2D eigenvalue weighted by Crippen LogP contribution is -2.21. The van der Waals surface area contributed by atoms with E-state index in [1.165, 1.54) is 11.3 Å². The van der Waals surface area contributed by atoms with Gasteiger partial charge in [-0.1, -0.05) is 18.2 Å². The van der Waals surface area contributed by atoms with Gasteiger partial charge in [-0.3, -0.25) is 10.1 Å². The van der Waals surface area contributed by atoms with E-state index in [0.29, 0.717) is 16.8 Å². The third-order valence-corrected chi connectivity index (χ3v) is 4.09. The van der Waals surface area contributed by atoms with Crippen LogP contribution in [0.4, 0.5) is 5.13 Å². The van der Waals surface area contributed by atoms with Crippen LogP contribution in [0.1, 0.15) is 21.9 Å². The molecule has 0 atom stereocenters. The molecule has 0 saturated heterocycles. The molecule has 0 aliphatic heterocycles. The Morgan fingerprint density at radius 1 is 1.20 bits per heavy atom. The fourth-order valence-corrected chi connectivity index (χ4v) is 2.76. The van der Waals surface area contributed by atoms with E-state index in [1.54, 1.807) is 6.92 Å². The van der Waals surface area contributed by atoms with E-state index in [0.717, 1.165) is 11.3 Å². The van der Waals surface area contributed by atoms with Gasteiger partial charge < -0.3 is 9.15 Å². The Kier molecular flexibility index (Phi) is 4.90. The number of oxazole rings is 1. The number of esters is 1. The van der Waals surface area contributed by atoms with Gasteiger partial charge in [0.05, 0.1) is 5.69 Å². The Bertz CT molecular complexity index is 902. The second kappa shape index (κ2) is 7.27. The zero-order valence-corrected chi connectivity index (χ0v) is 14.4. The molecule has 128 valence electrons. The number of hydrogen-bond donors (Lipinski definition) is 1. The Morgan fingerprint density at radius 3 is 2.64 bits per heavy atom. The molecule has 0 radical (unpaired) electrons. The van der Waals surface area contributed by atoms with E-state index >= 15 is 0 Å². The van der Waals surface area contributed by atoms with Crippen molar-refractivity contribution < 1.29 is 18.7 Å². The third kappa shape index (κ3) is 4.10. The molecule has 1 N–H and O–H groups in total. The van der Waals surface area contributed by atoms with Crippen LogP contribution in [0, 0.1) is 13.8 Å². The molecule has 8 heteroatoms. The SMILES string of the molecule is Cc1csc(NC(=O)COC(=O)c2nc(-c3ccccc3)oc2C)n1. The smallest absolute Gasteiger partial charge is 0.361 e. The maximum atomic E-state index is 12.1. The molecule has 0 aliphatic rings. The maximum Gasteiger partial charge on any atom is 0.361 e. The lowest BCUT2D eigenvalue weighted by molar-refractivity contribution is -0.119. The van der Waals surface area contributed by atoms with Crippen LogP contribution in [0.5, 0.6) is 0 Å². The summed E-state index contributed by atoms with van der Waals surface area (Å²) in [4.78, 5) is 32.2. The van der Waals surface area contributed by atoms with Crippen molar-refractivity contribution in [2.45, 2.75) is 13.8 Å². The summed E-state index contributed by atoms with van der Waals surface area (Å²) < 4.78 is 10.5. The quantitative estimate of drug-likeness (QED) is 0.705. The van der Waals surface area contributed by atoms with Crippen LogP contribution in [-0.2, 0) is 9.53 Å². The van der Waals surface area contributed by atoms with Crippen LogP contribution in [0.15, 0.2) is 40.1 Å². The number of nitrogens with zero attached hydrogens (tertiary/aromatic N) is 2. The molecule has 0 fully saturated rings. The van der Waals surface area contributed by atoms with Crippen molar-refractivity contribution in [1.82, 2.24) is 9.97 Å². The number of carbonyl (C=O) groups is 2. The average molecular weight is 357 g/mol. The zero-order valence-electron chi connectivity index (χ0n) is 13.6. The van der Waals surface area contributed by atoms with Gasteiger partial charge in [0.15, 0.2) is 17.4 Å². The molecule has 0 saturated carbocycles. The number of ether oxygens (including phenoxy) is 1. The summed E-state index contributed by atoms with van der Waals surface area (Å²) in [5, 5.41) is 4.83. The minimum absolute atomic E-state index is 0.0525. The highest BCUT2D eigenvalue weighted by atomic mass is 32.1. The molecular formula is C17H15N3O4S. The largest absolute Gasteiger partial charge is 0.451 e. The summed E-state index contributed by atoms with van der Waals surface area (Å²) in [7, 11) is 0. The van der Waals surface area contributed by atoms with Gasteiger partial charge >= 0.3 is 5.97 Å². The lowest BCUT2D eigenvalue weighted by atomic mass is 10.2.